The second-order valence-electron chi connectivity index (χ2n) is 6.43. The van der Waals surface area contributed by atoms with E-state index in [0.717, 1.165) is 38.5 Å². The van der Waals surface area contributed by atoms with Crippen LogP contribution in [0, 0.1) is 5.82 Å². The molecule has 1 saturated heterocycles. The van der Waals surface area contributed by atoms with Crippen molar-refractivity contribution in [2.75, 3.05) is 39.3 Å². The van der Waals surface area contributed by atoms with Gasteiger partial charge >= 0.3 is 0 Å². The first kappa shape index (κ1) is 17.8. The number of aromatic nitrogens is 2. The Morgan fingerprint density at radius 2 is 1.92 bits per heavy atom. The van der Waals surface area contributed by atoms with Crippen molar-refractivity contribution in [3.8, 4) is 5.75 Å². The minimum Gasteiger partial charge on any atom is -0.488 e. The Balaban J connectivity index is 1.38. The monoisotopic (exact) mass is 348 g/mol. The average Bonchev–Trinajstić information content (AvgIpc) is 3.01. The van der Waals surface area contributed by atoms with Gasteiger partial charge in [-0.25, -0.2) is 9.37 Å². The van der Waals surface area contributed by atoms with Gasteiger partial charge in [-0.05, 0) is 12.1 Å². The second kappa shape index (κ2) is 8.42. The highest BCUT2D eigenvalue weighted by Crippen LogP contribution is 2.15. The molecule has 1 fully saturated rings. The smallest absolute Gasteiger partial charge is 0.165 e. The minimum atomic E-state index is -0.638. The molecule has 1 aromatic carbocycles. The first-order valence-electron chi connectivity index (χ1n) is 8.58. The molecule has 1 aliphatic heterocycles. The SMILES string of the molecule is Cn1ccnc1CN1CCN(C[C@H](O)COc2ccccc2F)CC1. The zero-order valence-electron chi connectivity index (χ0n) is 14.5. The summed E-state index contributed by atoms with van der Waals surface area (Å²) in [5.41, 5.74) is 0. The first-order valence-corrected chi connectivity index (χ1v) is 8.58. The lowest BCUT2D eigenvalue weighted by molar-refractivity contribution is 0.0431. The van der Waals surface area contributed by atoms with E-state index in [1.807, 2.05) is 24.0 Å². The number of imidazole rings is 1. The molecule has 1 N–H and O–H groups in total. The Kier molecular flexibility index (Phi) is 6.01. The van der Waals surface area contributed by atoms with Crippen molar-refractivity contribution in [2.45, 2.75) is 12.6 Å². The van der Waals surface area contributed by atoms with Crippen molar-refractivity contribution in [3.63, 3.8) is 0 Å². The molecule has 0 unspecified atom stereocenters. The molecule has 25 heavy (non-hydrogen) atoms. The van der Waals surface area contributed by atoms with Crippen molar-refractivity contribution >= 4 is 0 Å². The van der Waals surface area contributed by atoms with Crippen LogP contribution >= 0.6 is 0 Å². The number of piperazine rings is 1. The molecule has 0 amide bonds. The van der Waals surface area contributed by atoms with E-state index in [1.54, 1.807) is 18.2 Å². The van der Waals surface area contributed by atoms with E-state index in [0.29, 0.717) is 6.54 Å². The molecule has 6 nitrogen and oxygen atoms in total. The summed E-state index contributed by atoms with van der Waals surface area (Å²) in [4.78, 5) is 8.93. The molecule has 0 bridgehead atoms. The number of ether oxygens (including phenoxy) is 1. The van der Waals surface area contributed by atoms with Gasteiger partial charge in [0.05, 0.1) is 6.54 Å². The lowest BCUT2D eigenvalue weighted by Gasteiger charge is -2.35. The van der Waals surface area contributed by atoms with Crippen LogP contribution in [0.1, 0.15) is 5.82 Å². The fourth-order valence-corrected chi connectivity index (χ4v) is 2.98. The molecule has 2 aromatic rings. The Morgan fingerprint density at radius 1 is 1.20 bits per heavy atom. The number of hydrogen-bond acceptors (Lipinski definition) is 5. The van der Waals surface area contributed by atoms with Crippen LogP contribution in [0.4, 0.5) is 4.39 Å². The standard InChI is InChI=1S/C18H25FN4O2/c1-21-7-6-20-18(21)13-23-10-8-22(9-11-23)12-15(24)14-25-17-5-3-2-4-16(17)19/h2-7,15,24H,8-14H2,1H3/t15-/m0/s1. The van der Waals surface area contributed by atoms with Crippen LogP contribution in [0.5, 0.6) is 5.75 Å². The lowest BCUT2D eigenvalue weighted by atomic mass is 10.2. The van der Waals surface area contributed by atoms with Crippen LogP contribution < -0.4 is 4.74 Å². The third-order valence-corrected chi connectivity index (χ3v) is 4.49. The number of aliphatic hydroxyl groups excluding tert-OH is 1. The fourth-order valence-electron chi connectivity index (χ4n) is 2.98. The summed E-state index contributed by atoms with van der Waals surface area (Å²) < 4.78 is 20.9. The minimum absolute atomic E-state index is 0.0917. The van der Waals surface area contributed by atoms with Crippen molar-refractivity contribution in [3.05, 3.63) is 48.3 Å². The summed E-state index contributed by atoms with van der Waals surface area (Å²) in [6.07, 6.45) is 3.13. The maximum Gasteiger partial charge on any atom is 0.165 e. The molecule has 7 heteroatoms. The van der Waals surface area contributed by atoms with Gasteiger partial charge in [0, 0.05) is 52.2 Å². The van der Waals surface area contributed by atoms with E-state index in [-0.39, 0.29) is 12.4 Å². The van der Waals surface area contributed by atoms with E-state index < -0.39 is 11.9 Å². The van der Waals surface area contributed by atoms with E-state index in [1.165, 1.54) is 6.07 Å². The zero-order valence-corrected chi connectivity index (χ0v) is 14.5. The molecule has 1 aromatic heterocycles. The third-order valence-electron chi connectivity index (χ3n) is 4.49. The van der Waals surface area contributed by atoms with Gasteiger partial charge in [-0.15, -0.1) is 0 Å². The number of para-hydroxylation sites is 1. The molecule has 0 aliphatic carbocycles. The molecule has 0 saturated carbocycles. The van der Waals surface area contributed by atoms with E-state index in [2.05, 4.69) is 14.8 Å². The van der Waals surface area contributed by atoms with Gasteiger partial charge in [-0.3, -0.25) is 9.80 Å². The Hall–Kier alpha value is -1.96. The Labute approximate surface area is 147 Å². The fraction of sp³-hybridized carbons (Fsp3) is 0.500. The molecule has 3 rings (SSSR count). The van der Waals surface area contributed by atoms with Gasteiger partial charge in [0.2, 0.25) is 0 Å². The van der Waals surface area contributed by atoms with Crippen LogP contribution in [0.2, 0.25) is 0 Å². The van der Waals surface area contributed by atoms with Crippen molar-refractivity contribution < 1.29 is 14.2 Å². The van der Waals surface area contributed by atoms with Crippen LogP contribution in [0.25, 0.3) is 0 Å². The van der Waals surface area contributed by atoms with Crippen molar-refractivity contribution in [1.29, 1.82) is 0 Å². The number of benzene rings is 1. The quantitative estimate of drug-likeness (QED) is 0.813. The van der Waals surface area contributed by atoms with Crippen LogP contribution in [-0.2, 0) is 13.6 Å². The number of halogens is 1. The molecule has 136 valence electrons. The molecule has 2 heterocycles. The molecule has 0 spiro atoms. The number of aryl methyl sites for hydroxylation is 1. The topological polar surface area (TPSA) is 53.8 Å². The van der Waals surface area contributed by atoms with Gasteiger partial charge in [0.15, 0.2) is 11.6 Å². The number of rotatable bonds is 7. The average molecular weight is 348 g/mol. The highest BCUT2D eigenvalue weighted by Gasteiger charge is 2.20. The van der Waals surface area contributed by atoms with E-state index in [4.69, 9.17) is 4.74 Å². The summed E-state index contributed by atoms with van der Waals surface area (Å²) in [6, 6.07) is 6.25. The Morgan fingerprint density at radius 3 is 2.60 bits per heavy atom. The van der Waals surface area contributed by atoms with Crippen molar-refractivity contribution in [1.82, 2.24) is 19.4 Å². The predicted molar refractivity (Wildman–Crippen MR) is 92.8 cm³/mol. The zero-order chi connectivity index (χ0) is 17.6. The van der Waals surface area contributed by atoms with Gasteiger partial charge in [0.25, 0.3) is 0 Å². The predicted octanol–water partition coefficient (Wildman–Crippen LogP) is 1.12. The number of β-amino-alcohol motifs (C(OH)–C–C–N with tert-alkyl or cyclic N) is 1. The number of aliphatic hydroxyl groups is 1. The second-order valence-corrected chi connectivity index (χ2v) is 6.43. The summed E-state index contributed by atoms with van der Waals surface area (Å²) in [5.74, 6) is 0.839. The highest BCUT2D eigenvalue weighted by molar-refractivity contribution is 5.23. The van der Waals surface area contributed by atoms with Crippen molar-refractivity contribution in [2.24, 2.45) is 7.05 Å². The van der Waals surface area contributed by atoms with Crippen LogP contribution in [-0.4, -0.2) is 69.9 Å². The maximum absolute atomic E-state index is 13.5. The normalized spacial score (nSPS) is 17.6. The van der Waals surface area contributed by atoms with Gasteiger partial charge in [0.1, 0.15) is 18.5 Å². The first-order chi connectivity index (χ1) is 12.1. The van der Waals surface area contributed by atoms with Gasteiger partial charge in [-0.1, -0.05) is 12.1 Å². The third kappa shape index (κ3) is 5.01. The van der Waals surface area contributed by atoms with E-state index >= 15 is 0 Å². The summed E-state index contributed by atoms with van der Waals surface area (Å²) in [7, 11) is 2.00. The highest BCUT2D eigenvalue weighted by atomic mass is 19.1. The molecular weight excluding hydrogens is 323 g/mol. The molecule has 1 atom stereocenters. The van der Waals surface area contributed by atoms with Gasteiger partial charge < -0.3 is 14.4 Å². The number of nitrogens with zero attached hydrogens (tertiary/aromatic N) is 4. The summed E-state index contributed by atoms with van der Waals surface area (Å²) in [5, 5.41) is 10.1. The van der Waals surface area contributed by atoms with Crippen LogP contribution in [0.15, 0.2) is 36.7 Å². The van der Waals surface area contributed by atoms with Gasteiger partial charge in [-0.2, -0.15) is 0 Å². The summed E-state index contributed by atoms with van der Waals surface area (Å²) >= 11 is 0. The number of hydrogen-bond donors (Lipinski definition) is 1. The lowest BCUT2D eigenvalue weighted by Crippen LogP contribution is -2.49. The van der Waals surface area contributed by atoms with E-state index in [9.17, 15) is 9.50 Å². The van der Waals surface area contributed by atoms with Crippen LogP contribution in [0.3, 0.4) is 0 Å². The molecular formula is C18H25FN4O2. The molecule has 0 radical (unpaired) electrons. The summed E-state index contributed by atoms with van der Waals surface area (Å²) in [6.45, 7) is 5.12. The Bertz CT molecular complexity index is 671. The maximum atomic E-state index is 13.5. The largest absolute Gasteiger partial charge is 0.488 e. The molecule has 1 aliphatic rings.